The number of nitrogens with zero attached hydrogens (tertiary/aromatic N) is 6. The van der Waals surface area contributed by atoms with E-state index in [0.29, 0.717) is 5.56 Å². The molecule has 0 spiro atoms. The molecule has 1 atom stereocenters. The van der Waals surface area contributed by atoms with Gasteiger partial charge in [-0.15, -0.1) is 5.10 Å². The van der Waals surface area contributed by atoms with Crippen LogP contribution in [0.4, 0.5) is 13.2 Å². The first-order chi connectivity index (χ1) is 13.3. The fraction of sp³-hybridized carbons (Fsp3) is 0.353. The Labute approximate surface area is 157 Å². The molecule has 4 rings (SSSR count). The highest BCUT2D eigenvalue weighted by molar-refractivity contribution is 5.90. The maximum atomic E-state index is 14.1. The maximum absolute atomic E-state index is 14.1. The maximum Gasteiger partial charge on any atom is 0.405 e. The second-order valence-electron chi connectivity index (χ2n) is 6.59. The molecule has 1 saturated heterocycles. The minimum atomic E-state index is -4.68. The molecule has 1 unspecified atom stereocenters. The highest BCUT2D eigenvalue weighted by atomic mass is 19.4. The van der Waals surface area contributed by atoms with E-state index in [2.05, 4.69) is 20.2 Å². The van der Waals surface area contributed by atoms with Crippen LogP contribution in [-0.4, -0.2) is 55.0 Å². The van der Waals surface area contributed by atoms with Crippen LogP contribution in [0.5, 0.6) is 0 Å². The number of rotatable bonds is 3. The van der Waals surface area contributed by atoms with Crippen LogP contribution in [0, 0.1) is 0 Å². The lowest BCUT2D eigenvalue weighted by Crippen LogP contribution is -2.46. The molecular weight excluding hydrogens is 377 g/mol. The third-order valence-electron chi connectivity index (χ3n) is 4.76. The molecule has 1 aromatic carbocycles. The van der Waals surface area contributed by atoms with Crippen LogP contribution in [0.2, 0.25) is 0 Å². The van der Waals surface area contributed by atoms with Gasteiger partial charge in [0.15, 0.2) is 5.41 Å². The number of alkyl halides is 3. The zero-order valence-corrected chi connectivity index (χ0v) is 14.7. The van der Waals surface area contributed by atoms with Crippen molar-refractivity contribution >= 4 is 5.91 Å². The van der Waals surface area contributed by atoms with Crippen molar-refractivity contribution in [3.8, 4) is 11.4 Å². The fourth-order valence-electron chi connectivity index (χ4n) is 3.21. The molecule has 146 valence electrons. The third-order valence-corrected chi connectivity index (χ3v) is 4.76. The highest BCUT2D eigenvalue weighted by Gasteiger charge is 2.63. The Morgan fingerprint density at radius 2 is 2.00 bits per heavy atom. The van der Waals surface area contributed by atoms with E-state index in [1.165, 1.54) is 11.0 Å². The van der Waals surface area contributed by atoms with Crippen molar-refractivity contribution in [3.63, 3.8) is 0 Å². The van der Waals surface area contributed by atoms with E-state index in [9.17, 15) is 18.0 Å². The number of benzene rings is 1. The molecule has 11 heteroatoms. The minimum absolute atomic E-state index is 0.0652. The summed E-state index contributed by atoms with van der Waals surface area (Å²) >= 11 is 0. The van der Waals surface area contributed by atoms with Gasteiger partial charge in [-0.1, -0.05) is 35.5 Å². The molecule has 1 aliphatic rings. The largest absolute Gasteiger partial charge is 0.405 e. The Morgan fingerprint density at radius 1 is 1.25 bits per heavy atom. The Balaban J connectivity index is 1.66. The molecule has 2 aromatic heterocycles. The number of hydrogen-bond donors (Lipinski definition) is 0. The standard InChI is InChI=1S/C17H15F3N6O2/c1-25-10-21-13(23-25)14(27)26-8-7-16(9-26,17(18,19)20)15-22-12(24-28-15)11-5-3-2-4-6-11/h2-6,10H,7-9H2,1H3. The first-order valence-electron chi connectivity index (χ1n) is 8.41. The van der Waals surface area contributed by atoms with E-state index < -0.39 is 29.9 Å². The molecule has 8 nitrogen and oxygen atoms in total. The predicted molar refractivity (Wildman–Crippen MR) is 89.0 cm³/mol. The zero-order chi connectivity index (χ0) is 19.9. The summed E-state index contributed by atoms with van der Waals surface area (Å²) in [7, 11) is 1.57. The number of aromatic nitrogens is 5. The molecule has 0 saturated carbocycles. The van der Waals surface area contributed by atoms with Gasteiger partial charge in [-0.25, -0.2) is 4.98 Å². The van der Waals surface area contributed by atoms with Gasteiger partial charge in [0.25, 0.3) is 5.91 Å². The van der Waals surface area contributed by atoms with Crippen LogP contribution < -0.4 is 0 Å². The number of likely N-dealkylation sites (tertiary alicyclic amines) is 1. The Kier molecular flexibility index (Phi) is 4.16. The smallest absolute Gasteiger partial charge is 0.338 e. The van der Waals surface area contributed by atoms with Gasteiger partial charge in [-0.05, 0) is 6.42 Å². The summed E-state index contributed by atoms with van der Waals surface area (Å²) in [5.41, 5.74) is -1.89. The quantitative estimate of drug-likeness (QED) is 0.679. The van der Waals surface area contributed by atoms with E-state index >= 15 is 0 Å². The summed E-state index contributed by atoms with van der Waals surface area (Å²) < 4.78 is 48.5. The van der Waals surface area contributed by atoms with Crippen LogP contribution >= 0.6 is 0 Å². The number of aryl methyl sites for hydroxylation is 1. The molecule has 1 amide bonds. The summed E-state index contributed by atoms with van der Waals surface area (Å²) in [6.07, 6.45) is -3.75. The average molecular weight is 392 g/mol. The molecule has 3 aromatic rings. The van der Waals surface area contributed by atoms with Crippen molar-refractivity contribution in [1.82, 2.24) is 29.8 Å². The molecule has 1 fully saturated rings. The van der Waals surface area contributed by atoms with Crippen LogP contribution in [0.3, 0.4) is 0 Å². The summed E-state index contributed by atoms with van der Waals surface area (Å²) in [6.45, 7) is -0.760. The van der Waals surface area contributed by atoms with Crippen LogP contribution in [0.25, 0.3) is 11.4 Å². The van der Waals surface area contributed by atoms with Gasteiger partial charge in [0.05, 0.1) is 0 Å². The molecule has 28 heavy (non-hydrogen) atoms. The van der Waals surface area contributed by atoms with E-state index in [4.69, 9.17) is 4.52 Å². The van der Waals surface area contributed by atoms with Gasteiger partial charge in [-0.2, -0.15) is 18.2 Å². The van der Waals surface area contributed by atoms with Gasteiger partial charge < -0.3 is 9.42 Å². The first-order valence-corrected chi connectivity index (χ1v) is 8.41. The van der Waals surface area contributed by atoms with Crippen LogP contribution in [-0.2, 0) is 12.5 Å². The number of carbonyl (C=O) groups excluding carboxylic acids is 1. The number of halogens is 3. The summed E-state index contributed by atoms with van der Waals surface area (Å²) in [5.74, 6) is -1.32. The lowest BCUT2D eigenvalue weighted by molar-refractivity contribution is -0.193. The number of carbonyl (C=O) groups is 1. The van der Waals surface area contributed by atoms with Gasteiger partial charge in [0, 0.05) is 25.7 Å². The lowest BCUT2D eigenvalue weighted by Gasteiger charge is -2.27. The lowest BCUT2D eigenvalue weighted by atomic mass is 9.86. The van der Waals surface area contributed by atoms with Gasteiger partial charge in [0.1, 0.15) is 6.33 Å². The minimum Gasteiger partial charge on any atom is -0.338 e. The molecular formula is C17H15F3N6O2. The second kappa shape index (κ2) is 6.43. The van der Waals surface area contributed by atoms with E-state index in [1.54, 1.807) is 37.4 Å². The Bertz CT molecular complexity index is 1000. The van der Waals surface area contributed by atoms with Crippen molar-refractivity contribution in [1.29, 1.82) is 0 Å². The monoisotopic (exact) mass is 392 g/mol. The van der Waals surface area contributed by atoms with Crippen LogP contribution in [0.15, 0.2) is 41.2 Å². The summed E-state index contributed by atoms with van der Waals surface area (Å²) in [6, 6.07) is 8.56. The summed E-state index contributed by atoms with van der Waals surface area (Å²) in [4.78, 5) is 21.4. The van der Waals surface area contributed by atoms with Gasteiger partial charge >= 0.3 is 6.18 Å². The Hall–Kier alpha value is -3.24. The fourth-order valence-corrected chi connectivity index (χ4v) is 3.21. The average Bonchev–Trinajstić information content (AvgIpc) is 3.40. The predicted octanol–water partition coefficient (Wildman–Crippen LogP) is 2.21. The first kappa shape index (κ1) is 18.1. The van der Waals surface area contributed by atoms with Gasteiger partial charge in [-0.3, -0.25) is 9.48 Å². The summed E-state index contributed by atoms with van der Waals surface area (Å²) in [5, 5.41) is 7.57. The Morgan fingerprint density at radius 3 is 2.64 bits per heavy atom. The van der Waals surface area contributed by atoms with Crippen molar-refractivity contribution in [3.05, 3.63) is 48.4 Å². The molecule has 0 bridgehead atoms. The van der Waals surface area contributed by atoms with Crippen molar-refractivity contribution < 1.29 is 22.5 Å². The van der Waals surface area contributed by atoms with E-state index in [0.717, 1.165) is 4.90 Å². The van der Waals surface area contributed by atoms with Crippen molar-refractivity contribution in [2.75, 3.05) is 13.1 Å². The highest BCUT2D eigenvalue weighted by Crippen LogP contribution is 2.47. The third kappa shape index (κ3) is 2.92. The molecule has 1 aliphatic heterocycles. The van der Waals surface area contributed by atoms with Crippen LogP contribution in [0.1, 0.15) is 22.9 Å². The van der Waals surface area contributed by atoms with E-state index in [1.807, 2.05) is 0 Å². The number of hydrogen-bond acceptors (Lipinski definition) is 6. The SMILES string of the molecule is Cn1cnc(C(=O)N2CCC(c3nc(-c4ccccc4)no3)(C(F)(F)F)C2)n1. The molecule has 0 N–H and O–H groups in total. The van der Waals surface area contributed by atoms with E-state index in [-0.39, 0.29) is 24.6 Å². The molecule has 0 aliphatic carbocycles. The van der Waals surface area contributed by atoms with Crippen molar-refractivity contribution in [2.45, 2.75) is 18.0 Å². The second-order valence-corrected chi connectivity index (χ2v) is 6.59. The normalized spacial score (nSPS) is 19.9. The van der Waals surface area contributed by atoms with Crippen molar-refractivity contribution in [2.24, 2.45) is 7.05 Å². The molecule has 3 heterocycles. The topological polar surface area (TPSA) is 89.9 Å². The molecule has 0 radical (unpaired) electrons. The van der Waals surface area contributed by atoms with Gasteiger partial charge in [0.2, 0.25) is 17.5 Å². The zero-order valence-electron chi connectivity index (χ0n) is 14.7. The number of amides is 1.